The molecule has 4 rings (SSSR count). The highest BCUT2D eigenvalue weighted by atomic mass is 16.1. The van der Waals surface area contributed by atoms with Crippen molar-refractivity contribution in [2.75, 3.05) is 0 Å². The normalized spacial score (nSPS) is 10.9. The number of hydrogen-bond donors (Lipinski definition) is 1. The zero-order chi connectivity index (χ0) is 17.2. The number of nitrogens with zero attached hydrogens (tertiary/aromatic N) is 3. The number of amides is 1. The van der Waals surface area contributed by atoms with Crippen LogP contribution in [0.25, 0.3) is 16.6 Å². The van der Waals surface area contributed by atoms with Crippen LogP contribution in [-0.2, 0) is 6.54 Å². The van der Waals surface area contributed by atoms with E-state index in [1.807, 2.05) is 24.3 Å². The summed E-state index contributed by atoms with van der Waals surface area (Å²) in [5.41, 5.74) is 2.11. The van der Waals surface area contributed by atoms with Gasteiger partial charge in [0.05, 0.1) is 28.7 Å². The summed E-state index contributed by atoms with van der Waals surface area (Å²) in [6, 6.07) is 16.0. The predicted molar refractivity (Wildman–Crippen MR) is 94.4 cm³/mol. The molecule has 0 aliphatic rings. The number of nitrogens with one attached hydrogen (secondary N) is 1. The van der Waals surface area contributed by atoms with Crippen LogP contribution in [0.1, 0.15) is 16.1 Å². The lowest BCUT2D eigenvalue weighted by atomic mass is 10.2. The van der Waals surface area contributed by atoms with Crippen molar-refractivity contribution in [2.24, 2.45) is 0 Å². The minimum absolute atomic E-state index is 0.194. The van der Waals surface area contributed by atoms with Crippen LogP contribution in [0.15, 0.2) is 71.8 Å². The lowest BCUT2D eigenvalue weighted by Gasteiger charge is -2.07. The third-order valence-electron chi connectivity index (χ3n) is 3.93. The molecule has 0 spiro atoms. The molecule has 25 heavy (non-hydrogen) atoms. The van der Waals surface area contributed by atoms with Gasteiger partial charge in [-0.05, 0) is 36.4 Å². The number of rotatable bonds is 3. The van der Waals surface area contributed by atoms with Crippen LogP contribution in [0.3, 0.4) is 0 Å². The number of carbonyl (C=O) groups excluding carboxylic acids is 1. The highest BCUT2D eigenvalue weighted by Gasteiger charge is 2.10. The van der Waals surface area contributed by atoms with Crippen LogP contribution >= 0.6 is 0 Å². The predicted octanol–water partition coefficient (Wildman–Crippen LogP) is 2.17. The molecule has 3 aromatic heterocycles. The third kappa shape index (κ3) is 2.85. The van der Waals surface area contributed by atoms with E-state index in [9.17, 15) is 9.59 Å². The molecule has 1 amide bonds. The molecule has 122 valence electrons. The number of fused-ring (bicyclic) bond motifs is 2. The molecule has 1 N–H and O–H groups in total. The highest BCUT2D eigenvalue weighted by molar-refractivity contribution is 5.94. The van der Waals surface area contributed by atoms with Gasteiger partial charge in [0.25, 0.3) is 11.5 Å². The van der Waals surface area contributed by atoms with Crippen molar-refractivity contribution in [3.05, 3.63) is 88.6 Å². The molecular weight excluding hydrogens is 316 g/mol. The van der Waals surface area contributed by atoms with E-state index in [2.05, 4.69) is 15.3 Å². The van der Waals surface area contributed by atoms with Gasteiger partial charge in [-0.25, -0.2) is 4.98 Å². The monoisotopic (exact) mass is 330 g/mol. The molecule has 0 radical (unpaired) electrons. The lowest BCUT2D eigenvalue weighted by Crippen LogP contribution is -2.25. The van der Waals surface area contributed by atoms with E-state index in [4.69, 9.17) is 0 Å². The summed E-state index contributed by atoms with van der Waals surface area (Å²) in [4.78, 5) is 33.6. The summed E-state index contributed by atoms with van der Waals surface area (Å²) in [6.07, 6.45) is 3.19. The summed E-state index contributed by atoms with van der Waals surface area (Å²) >= 11 is 0. The van der Waals surface area contributed by atoms with Crippen LogP contribution in [0.4, 0.5) is 0 Å². The molecule has 4 aromatic rings. The summed E-state index contributed by atoms with van der Waals surface area (Å²) in [7, 11) is 0. The topological polar surface area (TPSA) is 76.4 Å². The molecule has 0 aliphatic heterocycles. The van der Waals surface area contributed by atoms with E-state index in [1.165, 1.54) is 10.6 Å². The quantitative estimate of drug-likeness (QED) is 0.584. The Morgan fingerprint density at radius 2 is 1.88 bits per heavy atom. The molecule has 0 saturated heterocycles. The van der Waals surface area contributed by atoms with Gasteiger partial charge in [-0.2, -0.15) is 0 Å². The van der Waals surface area contributed by atoms with Crippen LogP contribution in [0.2, 0.25) is 0 Å². The first-order chi connectivity index (χ1) is 12.2. The van der Waals surface area contributed by atoms with E-state index in [-0.39, 0.29) is 11.5 Å². The van der Waals surface area contributed by atoms with E-state index in [0.717, 1.165) is 5.69 Å². The Labute approximate surface area is 142 Å². The number of benzene rings is 1. The molecule has 6 heteroatoms. The average Bonchev–Trinajstić information content (AvgIpc) is 2.67. The molecule has 3 heterocycles. The fourth-order valence-electron chi connectivity index (χ4n) is 2.66. The SMILES string of the molecule is O=C(NCc1ccccn1)c1ccc2nc3ccccc3c(=O)n2c1. The number of aromatic nitrogens is 3. The Morgan fingerprint density at radius 3 is 2.72 bits per heavy atom. The first-order valence-electron chi connectivity index (χ1n) is 7.82. The van der Waals surface area contributed by atoms with E-state index >= 15 is 0 Å². The second-order valence-electron chi connectivity index (χ2n) is 5.58. The summed E-state index contributed by atoms with van der Waals surface area (Å²) in [5, 5.41) is 3.32. The van der Waals surface area contributed by atoms with Crippen LogP contribution in [0.5, 0.6) is 0 Å². The molecule has 1 aromatic carbocycles. The Bertz CT molecular complexity index is 1140. The molecule has 0 aliphatic carbocycles. The second-order valence-corrected chi connectivity index (χ2v) is 5.58. The van der Waals surface area contributed by atoms with Gasteiger partial charge >= 0.3 is 0 Å². The lowest BCUT2D eigenvalue weighted by molar-refractivity contribution is 0.0950. The first kappa shape index (κ1) is 15.0. The van der Waals surface area contributed by atoms with Crippen LogP contribution in [-0.4, -0.2) is 20.3 Å². The zero-order valence-corrected chi connectivity index (χ0v) is 13.2. The maximum Gasteiger partial charge on any atom is 0.265 e. The minimum Gasteiger partial charge on any atom is -0.346 e. The van der Waals surface area contributed by atoms with Gasteiger partial charge in [-0.3, -0.25) is 19.0 Å². The van der Waals surface area contributed by atoms with Gasteiger partial charge in [0.2, 0.25) is 0 Å². The molecular formula is C19H14N4O2. The third-order valence-corrected chi connectivity index (χ3v) is 3.93. The Balaban J connectivity index is 1.68. The van der Waals surface area contributed by atoms with E-state index in [0.29, 0.717) is 28.7 Å². The number of carbonyl (C=O) groups is 1. The number of pyridine rings is 2. The van der Waals surface area contributed by atoms with Gasteiger partial charge in [0.1, 0.15) is 5.65 Å². The molecule has 0 unspecified atom stereocenters. The van der Waals surface area contributed by atoms with Crippen molar-refractivity contribution in [1.29, 1.82) is 0 Å². The van der Waals surface area contributed by atoms with Crippen molar-refractivity contribution in [3.8, 4) is 0 Å². The minimum atomic E-state index is -0.271. The van der Waals surface area contributed by atoms with Gasteiger partial charge in [-0.15, -0.1) is 0 Å². The van der Waals surface area contributed by atoms with E-state index < -0.39 is 0 Å². The maximum atomic E-state index is 12.6. The summed E-state index contributed by atoms with van der Waals surface area (Å²) in [5.74, 6) is -0.271. The molecule has 0 atom stereocenters. The second kappa shape index (κ2) is 6.16. The van der Waals surface area contributed by atoms with Gasteiger partial charge in [0.15, 0.2) is 0 Å². The standard InChI is InChI=1S/C19H14N4O2/c24-18(21-11-14-5-3-4-10-20-14)13-8-9-17-22-16-7-2-1-6-15(16)19(25)23(17)12-13/h1-10,12H,11H2,(H,21,24). The van der Waals surface area contributed by atoms with Gasteiger partial charge in [-0.1, -0.05) is 18.2 Å². The molecule has 0 saturated carbocycles. The average molecular weight is 330 g/mol. The summed E-state index contributed by atoms with van der Waals surface area (Å²) < 4.78 is 1.40. The highest BCUT2D eigenvalue weighted by Crippen LogP contribution is 2.10. The van der Waals surface area contributed by atoms with Gasteiger partial charge in [0, 0.05) is 12.4 Å². The number of para-hydroxylation sites is 1. The Hall–Kier alpha value is -3.54. The van der Waals surface area contributed by atoms with Crippen molar-refractivity contribution in [1.82, 2.24) is 19.7 Å². The fraction of sp³-hybridized carbons (Fsp3) is 0.0526. The zero-order valence-electron chi connectivity index (χ0n) is 13.2. The van der Waals surface area contributed by atoms with Crippen molar-refractivity contribution >= 4 is 22.5 Å². The Kier molecular flexibility index (Phi) is 3.70. The van der Waals surface area contributed by atoms with E-state index in [1.54, 1.807) is 36.5 Å². The molecule has 6 nitrogen and oxygen atoms in total. The van der Waals surface area contributed by atoms with Gasteiger partial charge < -0.3 is 5.32 Å². The van der Waals surface area contributed by atoms with Crippen molar-refractivity contribution < 1.29 is 4.79 Å². The van der Waals surface area contributed by atoms with Crippen LogP contribution < -0.4 is 10.9 Å². The number of hydrogen-bond acceptors (Lipinski definition) is 4. The van der Waals surface area contributed by atoms with Crippen molar-refractivity contribution in [3.63, 3.8) is 0 Å². The fourth-order valence-corrected chi connectivity index (χ4v) is 2.66. The van der Waals surface area contributed by atoms with Crippen molar-refractivity contribution in [2.45, 2.75) is 6.54 Å². The maximum absolute atomic E-state index is 12.6. The molecule has 0 bridgehead atoms. The largest absolute Gasteiger partial charge is 0.346 e. The Morgan fingerprint density at radius 1 is 1.04 bits per heavy atom. The first-order valence-corrected chi connectivity index (χ1v) is 7.82. The summed E-state index contributed by atoms with van der Waals surface area (Å²) in [6.45, 7) is 0.322. The molecule has 0 fully saturated rings. The van der Waals surface area contributed by atoms with Crippen LogP contribution in [0, 0.1) is 0 Å². The smallest absolute Gasteiger partial charge is 0.265 e.